The van der Waals surface area contributed by atoms with Crippen LogP contribution in [0.5, 0.6) is 11.5 Å². The smallest absolute Gasteiger partial charge is 0.337 e. The summed E-state index contributed by atoms with van der Waals surface area (Å²) in [6, 6.07) is 17.2. The maximum absolute atomic E-state index is 13.4. The van der Waals surface area contributed by atoms with E-state index >= 15 is 0 Å². The summed E-state index contributed by atoms with van der Waals surface area (Å²) in [6.45, 7) is 1.77. The maximum Gasteiger partial charge on any atom is 0.337 e. The van der Waals surface area contributed by atoms with Crippen molar-refractivity contribution in [2.45, 2.75) is 13.0 Å². The number of benzene rings is 3. The molecule has 3 aromatic rings. The van der Waals surface area contributed by atoms with Crippen LogP contribution in [-0.4, -0.2) is 44.1 Å². The molecule has 1 saturated heterocycles. The number of hydrogen-bond donors (Lipinski definition) is 1. The zero-order valence-corrected chi connectivity index (χ0v) is 20.3. The van der Waals surface area contributed by atoms with Gasteiger partial charge in [-0.3, -0.25) is 14.5 Å². The Balaban J connectivity index is 1.96. The number of aliphatic hydroxyl groups excluding tert-OH is 1. The number of anilines is 1. The van der Waals surface area contributed by atoms with Gasteiger partial charge in [0.2, 0.25) is 0 Å². The highest BCUT2D eigenvalue weighted by Crippen LogP contribution is 2.43. The molecule has 184 valence electrons. The van der Waals surface area contributed by atoms with E-state index in [2.05, 4.69) is 0 Å². The van der Waals surface area contributed by atoms with Crippen molar-refractivity contribution < 1.29 is 33.7 Å². The van der Waals surface area contributed by atoms with Gasteiger partial charge in [0.05, 0.1) is 38.5 Å². The van der Waals surface area contributed by atoms with Gasteiger partial charge >= 0.3 is 5.97 Å². The van der Waals surface area contributed by atoms with Crippen LogP contribution >= 0.6 is 0 Å². The normalized spacial score (nSPS) is 16.7. The largest absolute Gasteiger partial charge is 0.507 e. The molecule has 1 aliphatic heterocycles. The predicted octanol–water partition coefficient (Wildman–Crippen LogP) is 4.43. The molecule has 1 heterocycles. The minimum atomic E-state index is -0.977. The van der Waals surface area contributed by atoms with E-state index in [1.54, 1.807) is 67.6 Å². The number of methoxy groups -OCH3 is 3. The van der Waals surface area contributed by atoms with E-state index in [1.807, 2.05) is 0 Å². The minimum absolute atomic E-state index is 0.0787. The predicted molar refractivity (Wildman–Crippen MR) is 133 cm³/mol. The second-order valence-electron chi connectivity index (χ2n) is 8.17. The second-order valence-corrected chi connectivity index (χ2v) is 8.17. The highest BCUT2D eigenvalue weighted by atomic mass is 16.5. The van der Waals surface area contributed by atoms with Crippen LogP contribution in [0, 0.1) is 6.92 Å². The average Bonchev–Trinajstić information content (AvgIpc) is 3.17. The van der Waals surface area contributed by atoms with Gasteiger partial charge in [0, 0.05) is 11.3 Å². The lowest BCUT2D eigenvalue weighted by molar-refractivity contribution is -0.132. The van der Waals surface area contributed by atoms with Crippen LogP contribution in [0.15, 0.2) is 72.3 Å². The number of amides is 1. The van der Waals surface area contributed by atoms with Crippen molar-refractivity contribution in [3.8, 4) is 11.5 Å². The molecule has 1 amide bonds. The number of nitrogens with zero attached hydrogens (tertiary/aromatic N) is 1. The van der Waals surface area contributed by atoms with Crippen molar-refractivity contribution in [3.63, 3.8) is 0 Å². The van der Waals surface area contributed by atoms with Crippen LogP contribution in [0.3, 0.4) is 0 Å². The fraction of sp³-hybridized carbons (Fsp3) is 0.179. The Morgan fingerprint density at radius 3 is 2.25 bits per heavy atom. The molecule has 0 saturated carbocycles. The van der Waals surface area contributed by atoms with Gasteiger partial charge in [0.25, 0.3) is 11.7 Å². The summed E-state index contributed by atoms with van der Waals surface area (Å²) in [6.07, 6.45) is 0. The molecule has 0 radical (unpaired) electrons. The zero-order chi connectivity index (χ0) is 26.0. The average molecular weight is 488 g/mol. The van der Waals surface area contributed by atoms with E-state index in [4.69, 9.17) is 14.2 Å². The number of carbonyl (C=O) groups excluding carboxylic acids is 3. The summed E-state index contributed by atoms with van der Waals surface area (Å²) in [4.78, 5) is 40.2. The van der Waals surface area contributed by atoms with Gasteiger partial charge < -0.3 is 19.3 Å². The first kappa shape index (κ1) is 24.5. The summed E-state index contributed by atoms with van der Waals surface area (Å²) in [5.41, 5.74) is 2.04. The van der Waals surface area contributed by atoms with Crippen molar-refractivity contribution in [2.75, 3.05) is 26.2 Å². The number of hydrogen-bond acceptors (Lipinski definition) is 7. The lowest BCUT2D eigenvalue weighted by Crippen LogP contribution is -2.29. The van der Waals surface area contributed by atoms with Crippen LogP contribution in [-0.2, 0) is 14.3 Å². The van der Waals surface area contributed by atoms with E-state index in [0.29, 0.717) is 33.9 Å². The topological polar surface area (TPSA) is 102 Å². The summed E-state index contributed by atoms with van der Waals surface area (Å²) in [7, 11) is 4.30. The molecule has 8 heteroatoms. The molecule has 1 atom stereocenters. The Kier molecular flexibility index (Phi) is 6.78. The number of aryl methyl sites for hydroxylation is 1. The van der Waals surface area contributed by atoms with Crippen LogP contribution in [0.2, 0.25) is 0 Å². The number of ether oxygens (including phenoxy) is 3. The summed E-state index contributed by atoms with van der Waals surface area (Å²) < 4.78 is 15.4. The van der Waals surface area contributed by atoms with Gasteiger partial charge in [-0.1, -0.05) is 18.2 Å². The van der Waals surface area contributed by atoms with Gasteiger partial charge in [-0.15, -0.1) is 0 Å². The van der Waals surface area contributed by atoms with Crippen molar-refractivity contribution in [1.82, 2.24) is 0 Å². The third-order valence-corrected chi connectivity index (χ3v) is 6.09. The number of carbonyl (C=O) groups is 3. The molecular weight excluding hydrogens is 462 g/mol. The minimum Gasteiger partial charge on any atom is -0.507 e. The fourth-order valence-corrected chi connectivity index (χ4v) is 4.30. The Labute approximate surface area is 208 Å². The van der Waals surface area contributed by atoms with Crippen molar-refractivity contribution >= 4 is 29.1 Å². The van der Waals surface area contributed by atoms with E-state index in [0.717, 1.165) is 0 Å². The lowest BCUT2D eigenvalue weighted by atomic mass is 9.93. The van der Waals surface area contributed by atoms with Gasteiger partial charge in [0.1, 0.15) is 17.3 Å². The molecule has 0 bridgehead atoms. The molecule has 1 fully saturated rings. The van der Waals surface area contributed by atoms with E-state index < -0.39 is 23.7 Å². The van der Waals surface area contributed by atoms with Crippen LogP contribution in [0.25, 0.3) is 5.76 Å². The summed E-state index contributed by atoms with van der Waals surface area (Å²) in [5.74, 6) is -1.47. The SMILES string of the molecule is COC(=O)c1cccc(N2C(=O)C(=O)/C(=C(\O)c3ccc(OC)cc3C)C2c2cccc(OC)c2)c1. The van der Waals surface area contributed by atoms with E-state index in [1.165, 1.54) is 32.3 Å². The maximum atomic E-state index is 13.4. The van der Waals surface area contributed by atoms with E-state index in [9.17, 15) is 19.5 Å². The van der Waals surface area contributed by atoms with E-state index in [-0.39, 0.29) is 16.9 Å². The first-order valence-corrected chi connectivity index (χ1v) is 11.1. The molecule has 3 aromatic carbocycles. The molecule has 0 aromatic heterocycles. The second kappa shape index (κ2) is 9.95. The van der Waals surface area contributed by atoms with Gasteiger partial charge in [-0.25, -0.2) is 4.79 Å². The monoisotopic (exact) mass is 487 g/mol. The highest BCUT2D eigenvalue weighted by Gasteiger charge is 2.47. The molecule has 4 rings (SSSR count). The molecule has 1 unspecified atom stereocenters. The molecule has 36 heavy (non-hydrogen) atoms. The van der Waals surface area contributed by atoms with Crippen molar-refractivity contribution in [3.05, 3.63) is 94.6 Å². The van der Waals surface area contributed by atoms with Crippen LogP contribution < -0.4 is 14.4 Å². The molecule has 0 aliphatic carbocycles. The number of ketones is 1. The van der Waals surface area contributed by atoms with Crippen molar-refractivity contribution in [2.24, 2.45) is 0 Å². The first-order valence-electron chi connectivity index (χ1n) is 11.1. The summed E-state index contributed by atoms with van der Waals surface area (Å²) in [5, 5.41) is 11.4. The fourth-order valence-electron chi connectivity index (χ4n) is 4.30. The molecule has 8 nitrogen and oxygen atoms in total. The van der Waals surface area contributed by atoms with Gasteiger partial charge in [-0.05, 0) is 66.6 Å². The number of Topliss-reactive ketones (excluding diaryl/α,β-unsaturated/α-hetero) is 1. The van der Waals surface area contributed by atoms with Gasteiger partial charge in [0.15, 0.2) is 0 Å². The summed E-state index contributed by atoms with van der Waals surface area (Å²) >= 11 is 0. The highest BCUT2D eigenvalue weighted by molar-refractivity contribution is 6.51. The number of rotatable bonds is 6. The van der Waals surface area contributed by atoms with Crippen LogP contribution in [0.1, 0.15) is 33.1 Å². The Morgan fingerprint density at radius 2 is 1.58 bits per heavy atom. The first-order chi connectivity index (χ1) is 17.3. The standard InChI is InChI=1S/C28H25NO7/c1-16-13-21(35-3)11-12-22(16)25(30)23-24(17-7-6-10-20(15-17)34-2)29(27(32)26(23)31)19-9-5-8-18(14-19)28(33)36-4/h5-15,24,30H,1-4H3/b25-23-. The third-order valence-electron chi connectivity index (χ3n) is 6.09. The number of aliphatic hydroxyl groups is 1. The Bertz CT molecular complexity index is 1390. The Hall–Kier alpha value is -4.59. The van der Waals surface area contributed by atoms with Gasteiger partial charge in [-0.2, -0.15) is 0 Å². The molecule has 1 N–H and O–H groups in total. The molecule has 1 aliphatic rings. The third kappa shape index (κ3) is 4.29. The Morgan fingerprint density at radius 1 is 0.889 bits per heavy atom. The van der Waals surface area contributed by atoms with Crippen LogP contribution in [0.4, 0.5) is 5.69 Å². The molecule has 0 spiro atoms. The van der Waals surface area contributed by atoms with Crippen molar-refractivity contribution in [1.29, 1.82) is 0 Å². The molecular formula is C28H25NO7. The number of esters is 1. The quantitative estimate of drug-likeness (QED) is 0.238. The lowest BCUT2D eigenvalue weighted by Gasteiger charge is -2.26. The zero-order valence-electron chi connectivity index (χ0n) is 20.3.